The van der Waals surface area contributed by atoms with Crippen molar-refractivity contribution < 1.29 is 9.90 Å². The minimum Gasteiger partial charge on any atom is -0.400 e. The normalized spacial score (nSPS) is 11.5. The van der Waals surface area contributed by atoms with E-state index >= 15 is 0 Å². The highest BCUT2D eigenvalue weighted by Gasteiger charge is 2.14. The summed E-state index contributed by atoms with van der Waals surface area (Å²) in [4.78, 5) is 11.7. The van der Waals surface area contributed by atoms with Crippen LogP contribution in [0.2, 0.25) is 5.15 Å². The summed E-state index contributed by atoms with van der Waals surface area (Å²) in [6.07, 6.45) is 0.854. The number of aliphatic hydroxyl groups is 1. The number of rotatable bonds is 4. The molecule has 0 aliphatic heterocycles. The largest absolute Gasteiger partial charge is 0.400 e. The summed E-state index contributed by atoms with van der Waals surface area (Å²) >= 11 is 5.59. The molecule has 102 valence electrons. The second kappa shape index (κ2) is 8.83. The Morgan fingerprint density at radius 3 is 2.39 bits per heavy atom. The summed E-state index contributed by atoms with van der Waals surface area (Å²) < 4.78 is 0. The number of amides is 1. The van der Waals surface area contributed by atoms with Crippen molar-refractivity contribution in [2.75, 3.05) is 12.4 Å². The van der Waals surface area contributed by atoms with Crippen LogP contribution in [-0.2, 0) is 4.79 Å². The minimum absolute atomic E-state index is 0.0301. The van der Waals surface area contributed by atoms with Gasteiger partial charge in [0.2, 0.25) is 5.91 Å². The van der Waals surface area contributed by atoms with E-state index in [9.17, 15) is 4.79 Å². The molecule has 1 rings (SSSR count). The number of anilines is 1. The van der Waals surface area contributed by atoms with Crippen LogP contribution in [0.25, 0.3) is 0 Å². The lowest BCUT2D eigenvalue weighted by molar-refractivity contribution is -0.119. The van der Waals surface area contributed by atoms with Gasteiger partial charge in [-0.1, -0.05) is 32.4 Å². The van der Waals surface area contributed by atoms with Gasteiger partial charge in [0, 0.05) is 13.0 Å². The highest BCUT2D eigenvalue weighted by molar-refractivity contribution is 6.29. The standard InChI is InChI=1S/C11H16ClN3O.CH4O/c1-7(2)6-8(3)11(16)13-10-5-4-9(12)14-15-10;1-2/h4-5,7-8H,6H2,1-3H3,(H,13,15,16);2H,1H3. The Balaban J connectivity index is 0.00000137. The number of carbonyl (C=O) groups is 1. The highest BCUT2D eigenvalue weighted by atomic mass is 35.5. The Hall–Kier alpha value is -1.20. The fourth-order valence-corrected chi connectivity index (χ4v) is 1.55. The number of carbonyl (C=O) groups excluding carboxylic acids is 1. The maximum Gasteiger partial charge on any atom is 0.228 e. The lowest BCUT2D eigenvalue weighted by Gasteiger charge is -2.13. The lowest BCUT2D eigenvalue weighted by atomic mass is 9.98. The quantitative estimate of drug-likeness (QED) is 0.883. The summed E-state index contributed by atoms with van der Waals surface area (Å²) in [5.74, 6) is 0.866. The third kappa shape index (κ3) is 6.51. The van der Waals surface area contributed by atoms with Gasteiger partial charge >= 0.3 is 0 Å². The molecule has 0 spiro atoms. The Labute approximate surface area is 113 Å². The number of aromatic nitrogens is 2. The molecule has 0 bridgehead atoms. The van der Waals surface area contributed by atoms with E-state index in [1.165, 1.54) is 0 Å². The van der Waals surface area contributed by atoms with Gasteiger partial charge < -0.3 is 10.4 Å². The van der Waals surface area contributed by atoms with Crippen molar-refractivity contribution in [1.82, 2.24) is 10.2 Å². The van der Waals surface area contributed by atoms with Crippen molar-refractivity contribution in [3.63, 3.8) is 0 Å². The smallest absolute Gasteiger partial charge is 0.228 e. The molecule has 0 saturated heterocycles. The van der Waals surface area contributed by atoms with E-state index in [0.29, 0.717) is 16.9 Å². The molecule has 1 aromatic heterocycles. The maximum absolute atomic E-state index is 11.7. The maximum atomic E-state index is 11.7. The van der Waals surface area contributed by atoms with Gasteiger partial charge in [0.05, 0.1) is 0 Å². The SMILES string of the molecule is CC(C)CC(C)C(=O)Nc1ccc(Cl)nn1.CO. The van der Waals surface area contributed by atoms with Crippen LogP contribution in [0, 0.1) is 11.8 Å². The molecule has 0 aromatic carbocycles. The molecule has 1 heterocycles. The van der Waals surface area contributed by atoms with Crippen molar-refractivity contribution >= 4 is 23.3 Å². The predicted octanol–water partition coefficient (Wildman–Crippen LogP) is 2.36. The average molecular weight is 274 g/mol. The fraction of sp³-hybridized carbons (Fsp3) is 0.583. The van der Waals surface area contributed by atoms with E-state index < -0.39 is 0 Å². The number of nitrogens with one attached hydrogen (secondary N) is 1. The van der Waals surface area contributed by atoms with Gasteiger partial charge in [-0.05, 0) is 24.5 Å². The zero-order valence-electron chi connectivity index (χ0n) is 11.1. The van der Waals surface area contributed by atoms with Crippen LogP contribution in [0.1, 0.15) is 27.2 Å². The summed E-state index contributed by atoms with van der Waals surface area (Å²) in [6.45, 7) is 6.08. The van der Waals surface area contributed by atoms with Crippen LogP contribution in [0.15, 0.2) is 12.1 Å². The van der Waals surface area contributed by atoms with Crippen LogP contribution in [0.5, 0.6) is 0 Å². The molecular formula is C12H20ClN3O2. The number of aliphatic hydroxyl groups excluding tert-OH is 1. The molecule has 1 atom stereocenters. The highest BCUT2D eigenvalue weighted by Crippen LogP contribution is 2.13. The van der Waals surface area contributed by atoms with E-state index in [-0.39, 0.29) is 11.8 Å². The zero-order valence-corrected chi connectivity index (χ0v) is 11.9. The van der Waals surface area contributed by atoms with Crippen LogP contribution < -0.4 is 5.32 Å². The Bertz CT molecular complexity index is 355. The zero-order chi connectivity index (χ0) is 14.1. The van der Waals surface area contributed by atoms with Gasteiger partial charge in [0.25, 0.3) is 0 Å². The first kappa shape index (κ1) is 16.8. The molecule has 0 saturated carbocycles. The monoisotopic (exact) mass is 273 g/mol. The van der Waals surface area contributed by atoms with E-state index in [1.54, 1.807) is 12.1 Å². The molecule has 6 heteroatoms. The minimum atomic E-state index is -0.0367. The second-order valence-electron chi connectivity index (χ2n) is 4.26. The van der Waals surface area contributed by atoms with Crippen LogP contribution in [0.3, 0.4) is 0 Å². The molecule has 18 heavy (non-hydrogen) atoms. The molecule has 2 N–H and O–H groups in total. The molecule has 1 amide bonds. The van der Waals surface area contributed by atoms with E-state index in [1.807, 2.05) is 6.92 Å². The van der Waals surface area contributed by atoms with Crippen molar-refractivity contribution in [1.29, 1.82) is 0 Å². The van der Waals surface area contributed by atoms with Gasteiger partial charge in [-0.15, -0.1) is 10.2 Å². The molecule has 5 nitrogen and oxygen atoms in total. The number of nitrogens with zero attached hydrogens (tertiary/aromatic N) is 2. The first-order chi connectivity index (χ1) is 8.49. The van der Waals surface area contributed by atoms with E-state index in [0.717, 1.165) is 13.5 Å². The van der Waals surface area contributed by atoms with Gasteiger partial charge in [-0.2, -0.15) is 0 Å². The predicted molar refractivity (Wildman–Crippen MR) is 72.4 cm³/mol. The van der Waals surface area contributed by atoms with Crippen molar-refractivity contribution in [3.8, 4) is 0 Å². The topological polar surface area (TPSA) is 75.1 Å². The average Bonchev–Trinajstić information content (AvgIpc) is 2.33. The Morgan fingerprint density at radius 2 is 1.94 bits per heavy atom. The van der Waals surface area contributed by atoms with Crippen LogP contribution >= 0.6 is 11.6 Å². The number of hydrogen-bond acceptors (Lipinski definition) is 4. The summed E-state index contributed by atoms with van der Waals surface area (Å²) in [7, 11) is 1.00. The summed E-state index contributed by atoms with van der Waals surface area (Å²) in [5.41, 5.74) is 0. The third-order valence-electron chi connectivity index (χ3n) is 2.16. The molecule has 1 unspecified atom stereocenters. The lowest BCUT2D eigenvalue weighted by Crippen LogP contribution is -2.22. The van der Waals surface area contributed by atoms with Gasteiger partial charge in [-0.3, -0.25) is 4.79 Å². The van der Waals surface area contributed by atoms with Crippen molar-refractivity contribution in [2.45, 2.75) is 27.2 Å². The van der Waals surface area contributed by atoms with Crippen LogP contribution in [0.4, 0.5) is 5.82 Å². The molecule has 0 aliphatic rings. The van der Waals surface area contributed by atoms with Gasteiger partial charge in [0.1, 0.15) is 0 Å². The first-order valence-corrected chi connectivity index (χ1v) is 6.11. The molecule has 0 radical (unpaired) electrons. The summed E-state index contributed by atoms with van der Waals surface area (Å²) in [6, 6.07) is 3.23. The van der Waals surface area contributed by atoms with Gasteiger partial charge in [-0.25, -0.2) is 0 Å². The number of halogens is 1. The van der Waals surface area contributed by atoms with Crippen LogP contribution in [-0.4, -0.2) is 28.3 Å². The first-order valence-electron chi connectivity index (χ1n) is 5.74. The summed E-state index contributed by atoms with van der Waals surface area (Å²) in [5, 5.41) is 17.4. The number of hydrogen-bond donors (Lipinski definition) is 2. The molecule has 1 aromatic rings. The fourth-order valence-electron chi connectivity index (χ4n) is 1.45. The third-order valence-corrected chi connectivity index (χ3v) is 2.36. The Kier molecular flexibility index (Phi) is 8.24. The van der Waals surface area contributed by atoms with Crippen molar-refractivity contribution in [3.05, 3.63) is 17.3 Å². The van der Waals surface area contributed by atoms with E-state index in [4.69, 9.17) is 16.7 Å². The molecular weight excluding hydrogens is 254 g/mol. The van der Waals surface area contributed by atoms with Crippen molar-refractivity contribution in [2.24, 2.45) is 11.8 Å². The van der Waals surface area contributed by atoms with Gasteiger partial charge in [0.15, 0.2) is 11.0 Å². The Morgan fingerprint density at radius 1 is 1.33 bits per heavy atom. The van der Waals surface area contributed by atoms with E-state index in [2.05, 4.69) is 29.4 Å². The molecule has 0 aliphatic carbocycles. The molecule has 0 fully saturated rings. The second-order valence-corrected chi connectivity index (χ2v) is 4.65.